The van der Waals surface area contributed by atoms with E-state index >= 15 is 0 Å². The lowest BCUT2D eigenvalue weighted by atomic mass is 10.00. The van der Waals surface area contributed by atoms with E-state index in [-0.39, 0.29) is 19.4 Å². The topological polar surface area (TPSA) is 186 Å². The molecule has 1 heterocycles. The van der Waals surface area contributed by atoms with Crippen LogP contribution < -0.4 is 0 Å². The highest BCUT2D eigenvalue weighted by atomic mass is 32.2. The molecule has 1 aliphatic heterocycles. The summed E-state index contributed by atoms with van der Waals surface area (Å²) in [6.45, 7) is 3.82. The Hall–Kier alpha value is -1.61. The van der Waals surface area contributed by atoms with Gasteiger partial charge in [0.05, 0.1) is 6.61 Å². The van der Waals surface area contributed by atoms with Crippen molar-refractivity contribution in [3.63, 3.8) is 0 Å². The molecule has 0 bridgehead atoms. The van der Waals surface area contributed by atoms with Gasteiger partial charge < -0.3 is 34.3 Å². The monoisotopic (exact) mass is 1060 g/mol. The molecule has 0 amide bonds. The number of rotatable bonds is 54. The highest BCUT2D eigenvalue weighted by molar-refractivity contribution is 7.85. The summed E-state index contributed by atoms with van der Waals surface area (Å²) >= 11 is 0. The summed E-state index contributed by atoms with van der Waals surface area (Å²) in [6, 6.07) is 0. The van der Waals surface area contributed by atoms with Crippen LogP contribution in [0.4, 0.5) is 0 Å². The second kappa shape index (κ2) is 49.9. The Balaban J connectivity index is 2.28. The summed E-state index contributed by atoms with van der Waals surface area (Å²) in [5.41, 5.74) is 0. The smallest absolute Gasteiger partial charge is 0.306 e. The molecule has 0 aromatic heterocycles. The van der Waals surface area contributed by atoms with E-state index in [1.807, 2.05) is 0 Å². The molecule has 0 aliphatic carbocycles. The maximum Gasteiger partial charge on any atom is 0.306 e. The van der Waals surface area contributed by atoms with E-state index in [2.05, 4.69) is 26.0 Å². The van der Waals surface area contributed by atoms with Gasteiger partial charge in [0, 0.05) is 12.8 Å². The van der Waals surface area contributed by atoms with Crippen LogP contribution in [0, 0.1) is 0 Å². The molecule has 0 aromatic carbocycles. The van der Waals surface area contributed by atoms with Crippen molar-refractivity contribution in [1.82, 2.24) is 0 Å². The van der Waals surface area contributed by atoms with Crippen molar-refractivity contribution in [3.05, 3.63) is 12.2 Å². The van der Waals surface area contributed by atoms with Gasteiger partial charge in [-0.05, 0) is 32.1 Å². The van der Waals surface area contributed by atoms with E-state index in [4.69, 9.17) is 18.9 Å². The molecule has 1 saturated heterocycles. The molecule has 0 radical (unpaired) electrons. The summed E-state index contributed by atoms with van der Waals surface area (Å²) in [7, 11) is -4.61. The summed E-state index contributed by atoms with van der Waals surface area (Å²) < 4.78 is 54.4. The van der Waals surface area contributed by atoms with Crippen molar-refractivity contribution in [3.8, 4) is 0 Å². The third-order valence-electron chi connectivity index (χ3n) is 14.6. The molecule has 6 atom stereocenters. The maximum absolute atomic E-state index is 12.9. The van der Waals surface area contributed by atoms with Gasteiger partial charge in [-0.1, -0.05) is 270 Å². The van der Waals surface area contributed by atoms with Crippen molar-refractivity contribution < 1.29 is 56.8 Å². The summed E-state index contributed by atoms with van der Waals surface area (Å²) in [4.78, 5) is 25.6. The van der Waals surface area contributed by atoms with Gasteiger partial charge in [0.2, 0.25) is 0 Å². The van der Waals surface area contributed by atoms with Gasteiger partial charge in [0.1, 0.15) is 36.8 Å². The number of carbonyl (C=O) groups is 2. The first-order valence-corrected chi connectivity index (χ1v) is 32.4. The molecular formula is C60H114O12S. The van der Waals surface area contributed by atoms with Crippen molar-refractivity contribution in [2.45, 2.75) is 340 Å². The molecule has 12 nitrogen and oxygen atoms in total. The van der Waals surface area contributed by atoms with Crippen LogP contribution in [0.15, 0.2) is 12.2 Å². The molecule has 0 spiro atoms. The fourth-order valence-electron chi connectivity index (χ4n) is 9.86. The van der Waals surface area contributed by atoms with Gasteiger partial charge in [0.15, 0.2) is 12.4 Å². The Morgan fingerprint density at radius 2 is 0.795 bits per heavy atom. The van der Waals surface area contributed by atoms with E-state index in [1.165, 1.54) is 225 Å². The Labute approximate surface area is 447 Å². The fraction of sp³-hybridized carbons (Fsp3) is 0.933. The van der Waals surface area contributed by atoms with Crippen molar-refractivity contribution in [2.75, 3.05) is 19.0 Å². The van der Waals surface area contributed by atoms with E-state index in [9.17, 15) is 37.9 Å². The molecule has 432 valence electrons. The Morgan fingerprint density at radius 1 is 0.452 bits per heavy atom. The molecular weight excluding hydrogens is 945 g/mol. The standard InChI is InChI=1S/C60H114O12S/c1-3-5-7-9-11-13-15-17-19-21-23-25-27-29-31-33-35-37-39-41-43-45-47-49-56(62)71-53(51-70-60-59(65)58(64)57(63)54(72-60)52-73(66,67)68)50-69-55(61)48-46-44-42-40-38-36-34-32-30-28-26-24-22-20-18-16-14-12-10-8-6-4-2/h41,43,53-54,57-60,63-65H,3-40,42,44-52H2,1-2H3,(H,66,67,68)/b43-41+/t53-,54-,57-,58?,59?,60+/m1/s1. The van der Waals surface area contributed by atoms with Gasteiger partial charge in [-0.15, -0.1) is 0 Å². The number of esters is 2. The molecule has 2 unspecified atom stereocenters. The van der Waals surface area contributed by atoms with Crippen molar-refractivity contribution in [1.29, 1.82) is 0 Å². The number of carbonyl (C=O) groups excluding carboxylic acids is 2. The van der Waals surface area contributed by atoms with E-state index < -0.39 is 71.2 Å². The van der Waals surface area contributed by atoms with E-state index in [0.29, 0.717) is 19.3 Å². The Kier molecular flexibility index (Phi) is 47.5. The number of aliphatic hydroxyl groups excluding tert-OH is 3. The largest absolute Gasteiger partial charge is 0.462 e. The molecule has 1 aliphatic rings. The van der Waals surface area contributed by atoms with Crippen LogP contribution in [0.3, 0.4) is 0 Å². The van der Waals surface area contributed by atoms with Crippen LogP contribution >= 0.6 is 0 Å². The summed E-state index contributed by atoms with van der Waals surface area (Å²) in [5.74, 6) is -2.00. The Bertz CT molecular complexity index is 1380. The fourth-order valence-corrected chi connectivity index (χ4v) is 10.6. The lowest BCUT2D eigenvalue weighted by Crippen LogP contribution is -2.60. The first-order chi connectivity index (χ1) is 35.5. The Morgan fingerprint density at radius 3 is 1.18 bits per heavy atom. The number of hydrogen-bond donors (Lipinski definition) is 4. The zero-order chi connectivity index (χ0) is 53.3. The van der Waals surface area contributed by atoms with Crippen LogP contribution in [0.1, 0.15) is 303 Å². The molecule has 1 rings (SSSR count). The maximum atomic E-state index is 12.9. The summed E-state index contributed by atoms with van der Waals surface area (Å²) in [5, 5.41) is 31.1. The van der Waals surface area contributed by atoms with Crippen molar-refractivity contribution in [2.24, 2.45) is 0 Å². The number of aliphatic hydroxyl groups is 3. The summed E-state index contributed by atoms with van der Waals surface area (Å²) in [6.07, 6.45) is 49.9. The van der Waals surface area contributed by atoms with Crippen molar-refractivity contribution >= 4 is 22.1 Å². The lowest BCUT2D eigenvalue weighted by molar-refractivity contribution is -0.297. The number of unbranched alkanes of at least 4 members (excludes halogenated alkanes) is 40. The molecule has 0 aromatic rings. The number of hydrogen-bond acceptors (Lipinski definition) is 11. The highest BCUT2D eigenvalue weighted by Crippen LogP contribution is 2.24. The quantitative estimate of drug-likeness (QED) is 0.0196. The zero-order valence-electron chi connectivity index (χ0n) is 47.0. The van der Waals surface area contributed by atoms with Gasteiger partial charge in [-0.25, -0.2) is 0 Å². The molecule has 73 heavy (non-hydrogen) atoms. The average Bonchev–Trinajstić information content (AvgIpc) is 3.36. The zero-order valence-corrected chi connectivity index (χ0v) is 47.8. The third-order valence-corrected chi connectivity index (χ3v) is 15.3. The van der Waals surface area contributed by atoms with Crippen LogP contribution in [0.5, 0.6) is 0 Å². The minimum atomic E-state index is -4.61. The first kappa shape index (κ1) is 69.4. The van der Waals surface area contributed by atoms with Crippen LogP contribution in [0.25, 0.3) is 0 Å². The second-order valence-electron chi connectivity index (χ2n) is 21.7. The number of allylic oxidation sites excluding steroid dienone is 2. The van der Waals surface area contributed by atoms with E-state index in [0.717, 1.165) is 32.1 Å². The van der Waals surface area contributed by atoms with Crippen LogP contribution in [-0.2, 0) is 38.7 Å². The van der Waals surface area contributed by atoms with Crippen LogP contribution in [0.2, 0.25) is 0 Å². The van der Waals surface area contributed by atoms with E-state index in [1.54, 1.807) is 0 Å². The molecule has 1 fully saturated rings. The highest BCUT2D eigenvalue weighted by Gasteiger charge is 2.46. The molecule has 4 N–H and O–H groups in total. The second-order valence-corrected chi connectivity index (χ2v) is 23.2. The third kappa shape index (κ3) is 44.1. The van der Waals surface area contributed by atoms with Crippen LogP contribution in [-0.4, -0.2) is 96.0 Å². The minimum absolute atomic E-state index is 0.122. The predicted octanol–water partition coefficient (Wildman–Crippen LogP) is 15.3. The first-order valence-electron chi connectivity index (χ1n) is 30.7. The number of ether oxygens (including phenoxy) is 4. The predicted molar refractivity (Wildman–Crippen MR) is 298 cm³/mol. The SMILES string of the molecule is CCCCCCCCCCCCCCCCCCCC/C=C/CCCC(=O)O[C@H](COC(=O)CCCCCCCCCCCCCCCCCCCCCCCC)CO[C@H]1O[C@H](CS(=O)(=O)O)[C@@H](O)C(O)C1O. The minimum Gasteiger partial charge on any atom is -0.462 e. The lowest BCUT2D eigenvalue weighted by Gasteiger charge is -2.40. The average molecular weight is 1060 g/mol. The van der Waals surface area contributed by atoms with Gasteiger partial charge >= 0.3 is 11.9 Å². The molecule has 0 saturated carbocycles. The molecule has 13 heteroatoms. The van der Waals surface area contributed by atoms with Gasteiger partial charge in [0.25, 0.3) is 10.1 Å². The van der Waals surface area contributed by atoms with Gasteiger partial charge in [-0.3, -0.25) is 14.1 Å². The van der Waals surface area contributed by atoms with Gasteiger partial charge in [-0.2, -0.15) is 8.42 Å². The normalized spacial score (nSPS) is 18.7.